The van der Waals surface area contributed by atoms with E-state index in [1.807, 2.05) is 6.07 Å². The van der Waals surface area contributed by atoms with Crippen molar-refractivity contribution in [2.45, 2.75) is 12.8 Å². The minimum absolute atomic E-state index is 0.0844. The van der Waals surface area contributed by atoms with Gasteiger partial charge in [0.2, 0.25) is 0 Å². The second-order valence-corrected chi connectivity index (χ2v) is 4.68. The van der Waals surface area contributed by atoms with Crippen molar-refractivity contribution in [2.24, 2.45) is 0 Å². The monoisotopic (exact) mass is 311 g/mol. The summed E-state index contributed by atoms with van der Waals surface area (Å²) in [5, 5.41) is 9.32. The van der Waals surface area contributed by atoms with Gasteiger partial charge in [0, 0.05) is 11.1 Å². The molecule has 2 rings (SSSR count). The highest BCUT2D eigenvalue weighted by atomic mass is 35.5. The van der Waals surface area contributed by atoms with Crippen LogP contribution in [0.1, 0.15) is 16.7 Å². The lowest BCUT2D eigenvalue weighted by molar-refractivity contribution is -0.137. The molecule has 0 amide bonds. The molecular formula is C15H9ClF3NO. The standard InChI is InChI=1S/C15H9ClF3NO/c16-13-5-4-11(8-20)14(7-13)21-9-10-2-1-3-12(6-10)15(17,18)19/h1-7H,9H2. The predicted molar refractivity (Wildman–Crippen MR) is 71.9 cm³/mol. The lowest BCUT2D eigenvalue weighted by atomic mass is 10.1. The number of nitriles is 1. The third-order valence-electron chi connectivity index (χ3n) is 2.71. The molecule has 0 aromatic heterocycles. The minimum atomic E-state index is -4.40. The number of rotatable bonds is 3. The summed E-state index contributed by atoms with van der Waals surface area (Å²) in [6.45, 7) is -0.0844. The van der Waals surface area contributed by atoms with E-state index in [0.29, 0.717) is 10.6 Å². The molecule has 21 heavy (non-hydrogen) atoms. The molecule has 0 bridgehead atoms. The maximum Gasteiger partial charge on any atom is 0.416 e. The van der Waals surface area contributed by atoms with Crippen LogP contribution in [0.25, 0.3) is 0 Å². The summed E-state index contributed by atoms with van der Waals surface area (Å²) < 4.78 is 43.2. The summed E-state index contributed by atoms with van der Waals surface area (Å²) in [6, 6.07) is 11.2. The molecule has 2 nitrogen and oxygen atoms in total. The van der Waals surface area contributed by atoms with Gasteiger partial charge in [-0.05, 0) is 29.8 Å². The van der Waals surface area contributed by atoms with Crippen LogP contribution in [0.3, 0.4) is 0 Å². The van der Waals surface area contributed by atoms with Crippen molar-refractivity contribution < 1.29 is 17.9 Å². The summed E-state index contributed by atoms with van der Waals surface area (Å²) in [6.07, 6.45) is -4.40. The van der Waals surface area contributed by atoms with Gasteiger partial charge in [-0.1, -0.05) is 23.7 Å². The lowest BCUT2D eigenvalue weighted by Gasteiger charge is -2.11. The van der Waals surface area contributed by atoms with Crippen LogP contribution < -0.4 is 4.74 Å². The second kappa shape index (κ2) is 6.06. The zero-order valence-corrected chi connectivity index (χ0v) is 11.4. The molecule has 0 N–H and O–H groups in total. The Bertz CT molecular complexity index is 692. The minimum Gasteiger partial charge on any atom is -0.487 e. The fourth-order valence-electron chi connectivity index (χ4n) is 1.71. The third kappa shape index (κ3) is 3.89. The molecule has 6 heteroatoms. The fraction of sp³-hybridized carbons (Fsp3) is 0.133. The molecular weight excluding hydrogens is 303 g/mol. The number of hydrogen-bond donors (Lipinski definition) is 0. The first-order chi connectivity index (χ1) is 9.90. The first-order valence-corrected chi connectivity index (χ1v) is 6.26. The zero-order valence-electron chi connectivity index (χ0n) is 10.6. The van der Waals surface area contributed by atoms with E-state index in [4.69, 9.17) is 21.6 Å². The number of halogens is 4. The van der Waals surface area contributed by atoms with E-state index in [-0.39, 0.29) is 17.9 Å². The highest BCUT2D eigenvalue weighted by Gasteiger charge is 2.30. The van der Waals surface area contributed by atoms with Gasteiger partial charge in [0.05, 0.1) is 11.1 Å². The van der Waals surface area contributed by atoms with Crippen LogP contribution in [-0.2, 0) is 12.8 Å². The molecule has 2 aromatic carbocycles. The van der Waals surface area contributed by atoms with E-state index >= 15 is 0 Å². The van der Waals surface area contributed by atoms with E-state index < -0.39 is 11.7 Å². The molecule has 108 valence electrons. The molecule has 0 radical (unpaired) electrons. The Kier molecular flexibility index (Phi) is 4.39. The molecule has 0 aliphatic carbocycles. The number of hydrogen-bond acceptors (Lipinski definition) is 2. The maximum absolute atomic E-state index is 12.6. The van der Waals surface area contributed by atoms with Gasteiger partial charge in [0.1, 0.15) is 18.4 Å². The van der Waals surface area contributed by atoms with E-state index in [0.717, 1.165) is 12.1 Å². The summed E-state index contributed by atoms with van der Waals surface area (Å²) in [4.78, 5) is 0. The Hall–Kier alpha value is -2.19. The molecule has 2 aromatic rings. The zero-order chi connectivity index (χ0) is 15.5. The van der Waals surface area contributed by atoms with Crippen LogP contribution in [0.5, 0.6) is 5.75 Å². The van der Waals surface area contributed by atoms with Gasteiger partial charge < -0.3 is 4.74 Å². The van der Waals surface area contributed by atoms with Gasteiger partial charge in [0.15, 0.2) is 0 Å². The Morgan fingerprint density at radius 2 is 1.90 bits per heavy atom. The second-order valence-electron chi connectivity index (χ2n) is 4.24. The molecule has 0 saturated carbocycles. The van der Waals surface area contributed by atoms with Gasteiger partial charge in [-0.25, -0.2) is 0 Å². The van der Waals surface area contributed by atoms with Gasteiger partial charge in [-0.2, -0.15) is 18.4 Å². The summed E-state index contributed by atoms with van der Waals surface area (Å²) in [5.74, 6) is 0.238. The molecule has 0 fully saturated rings. The number of ether oxygens (including phenoxy) is 1. The van der Waals surface area contributed by atoms with E-state index in [9.17, 15) is 13.2 Å². The van der Waals surface area contributed by atoms with Gasteiger partial charge in [0.25, 0.3) is 0 Å². The molecule has 0 aliphatic rings. The van der Waals surface area contributed by atoms with Crippen LogP contribution in [0.4, 0.5) is 13.2 Å². The number of alkyl halides is 3. The first-order valence-electron chi connectivity index (χ1n) is 5.89. The summed E-state index contributed by atoms with van der Waals surface area (Å²) in [7, 11) is 0. The molecule has 0 aliphatic heterocycles. The average molecular weight is 312 g/mol. The van der Waals surface area contributed by atoms with Crippen molar-refractivity contribution in [3.63, 3.8) is 0 Å². The van der Waals surface area contributed by atoms with E-state index in [1.165, 1.54) is 30.3 Å². The Morgan fingerprint density at radius 1 is 1.14 bits per heavy atom. The fourth-order valence-corrected chi connectivity index (χ4v) is 1.87. The van der Waals surface area contributed by atoms with Gasteiger partial charge in [-0.15, -0.1) is 0 Å². The van der Waals surface area contributed by atoms with Gasteiger partial charge >= 0.3 is 6.18 Å². The smallest absolute Gasteiger partial charge is 0.416 e. The quantitative estimate of drug-likeness (QED) is 0.815. The Labute approximate surface area is 124 Å². The van der Waals surface area contributed by atoms with Crippen molar-refractivity contribution in [2.75, 3.05) is 0 Å². The molecule has 0 saturated heterocycles. The Morgan fingerprint density at radius 3 is 2.57 bits per heavy atom. The number of benzene rings is 2. The normalized spacial score (nSPS) is 11.0. The van der Waals surface area contributed by atoms with Crippen LogP contribution >= 0.6 is 11.6 Å². The van der Waals surface area contributed by atoms with Crippen molar-refractivity contribution in [3.8, 4) is 11.8 Å². The van der Waals surface area contributed by atoms with Crippen LogP contribution in [0.2, 0.25) is 5.02 Å². The molecule has 0 spiro atoms. The van der Waals surface area contributed by atoms with Crippen LogP contribution in [-0.4, -0.2) is 0 Å². The topological polar surface area (TPSA) is 33.0 Å². The maximum atomic E-state index is 12.6. The lowest BCUT2D eigenvalue weighted by Crippen LogP contribution is -2.06. The molecule has 0 heterocycles. The van der Waals surface area contributed by atoms with Gasteiger partial charge in [-0.3, -0.25) is 0 Å². The SMILES string of the molecule is N#Cc1ccc(Cl)cc1OCc1cccc(C(F)(F)F)c1. The van der Waals surface area contributed by atoms with Crippen molar-refractivity contribution in [1.82, 2.24) is 0 Å². The van der Waals surface area contributed by atoms with E-state index in [2.05, 4.69) is 0 Å². The highest BCUT2D eigenvalue weighted by Crippen LogP contribution is 2.30. The van der Waals surface area contributed by atoms with Crippen molar-refractivity contribution in [3.05, 3.63) is 64.2 Å². The number of nitrogens with zero attached hydrogens (tertiary/aromatic N) is 1. The third-order valence-corrected chi connectivity index (χ3v) is 2.95. The summed E-state index contributed by atoms with van der Waals surface area (Å²) >= 11 is 5.80. The summed E-state index contributed by atoms with van der Waals surface area (Å²) in [5.41, 5.74) is -0.115. The van der Waals surface area contributed by atoms with Crippen molar-refractivity contribution >= 4 is 11.6 Å². The largest absolute Gasteiger partial charge is 0.487 e. The van der Waals surface area contributed by atoms with E-state index in [1.54, 1.807) is 0 Å². The van der Waals surface area contributed by atoms with Crippen LogP contribution in [0, 0.1) is 11.3 Å². The average Bonchev–Trinajstić information content (AvgIpc) is 2.45. The predicted octanol–water partition coefficient (Wildman–Crippen LogP) is 4.81. The molecule has 0 atom stereocenters. The molecule has 0 unspecified atom stereocenters. The van der Waals surface area contributed by atoms with Crippen LogP contribution in [0.15, 0.2) is 42.5 Å². The Balaban J connectivity index is 2.18. The van der Waals surface area contributed by atoms with Crippen molar-refractivity contribution in [1.29, 1.82) is 5.26 Å². The first kappa shape index (κ1) is 15.2. The highest BCUT2D eigenvalue weighted by molar-refractivity contribution is 6.30.